The standard InChI is InChI=1S/C19H26O3/c1-6-7-8-14(2)19(15(3)16(4)20)22-13-17-9-11-18(21-5)12-10-17/h6-12,14-15,19H,1,13H2,2-5H3/b8-7-/t14-,15-,19-/m1/s1. The summed E-state index contributed by atoms with van der Waals surface area (Å²) in [5.74, 6) is 0.941. The fourth-order valence-corrected chi connectivity index (χ4v) is 2.26. The molecule has 1 rings (SSSR count). The largest absolute Gasteiger partial charge is 0.497 e. The molecule has 0 amide bonds. The van der Waals surface area contributed by atoms with Crippen LogP contribution in [0.2, 0.25) is 0 Å². The number of ketones is 1. The molecular formula is C19H26O3. The van der Waals surface area contributed by atoms with Crippen molar-refractivity contribution in [2.45, 2.75) is 33.5 Å². The predicted molar refractivity (Wildman–Crippen MR) is 89.9 cm³/mol. The van der Waals surface area contributed by atoms with Crippen LogP contribution in [0.5, 0.6) is 5.75 Å². The van der Waals surface area contributed by atoms with E-state index in [-0.39, 0.29) is 23.7 Å². The van der Waals surface area contributed by atoms with E-state index >= 15 is 0 Å². The Bertz CT molecular complexity index is 502. The molecule has 0 unspecified atom stereocenters. The zero-order valence-electron chi connectivity index (χ0n) is 13.9. The van der Waals surface area contributed by atoms with Gasteiger partial charge in [0.25, 0.3) is 0 Å². The van der Waals surface area contributed by atoms with Crippen LogP contribution in [0.4, 0.5) is 0 Å². The molecule has 0 N–H and O–H groups in total. The van der Waals surface area contributed by atoms with Gasteiger partial charge in [0.2, 0.25) is 0 Å². The minimum Gasteiger partial charge on any atom is -0.497 e. The Morgan fingerprint density at radius 3 is 2.41 bits per heavy atom. The summed E-state index contributed by atoms with van der Waals surface area (Å²) in [6.07, 6.45) is 5.48. The first-order valence-electron chi connectivity index (χ1n) is 7.53. The molecule has 0 fully saturated rings. The third kappa shape index (κ3) is 5.49. The van der Waals surface area contributed by atoms with Gasteiger partial charge in [-0.25, -0.2) is 0 Å². The first kappa shape index (κ1) is 18.2. The lowest BCUT2D eigenvalue weighted by Gasteiger charge is -2.26. The highest BCUT2D eigenvalue weighted by atomic mass is 16.5. The van der Waals surface area contributed by atoms with E-state index in [1.165, 1.54) is 0 Å². The van der Waals surface area contributed by atoms with Gasteiger partial charge in [-0.05, 0) is 24.6 Å². The van der Waals surface area contributed by atoms with E-state index in [0.29, 0.717) is 6.61 Å². The molecule has 3 atom stereocenters. The van der Waals surface area contributed by atoms with Crippen LogP contribution >= 0.6 is 0 Å². The second kappa shape index (κ2) is 9.21. The van der Waals surface area contributed by atoms with Crippen molar-refractivity contribution in [3.63, 3.8) is 0 Å². The fourth-order valence-electron chi connectivity index (χ4n) is 2.26. The molecule has 0 aliphatic heterocycles. The SMILES string of the molecule is C=C/C=C\[C@@H](C)[C@@H](OCc1ccc(OC)cc1)[C@H](C)C(C)=O. The first-order valence-corrected chi connectivity index (χ1v) is 7.53. The number of allylic oxidation sites excluding steroid dienone is 2. The Morgan fingerprint density at radius 1 is 1.27 bits per heavy atom. The van der Waals surface area contributed by atoms with Gasteiger partial charge in [-0.1, -0.05) is 50.8 Å². The topological polar surface area (TPSA) is 35.5 Å². The number of ether oxygens (including phenoxy) is 2. The van der Waals surface area contributed by atoms with Gasteiger partial charge in [-0.3, -0.25) is 4.79 Å². The maximum atomic E-state index is 11.7. The molecule has 0 heterocycles. The number of hydrogen-bond acceptors (Lipinski definition) is 3. The summed E-state index contributed by atoms with van der Waals surface area (Å²) in [5, 5.41) is 0. The van der Waals surface area contributed by atoms with Crippen LogP contribution in [0.15, 0.2) is 49.1 Å². The van der Waals surface area contributed by atoms with Crippen molar-refractivity contribution in [1.82, 2.24) is 0 Å². The number of carbonyl (C=O) groups is 1. The van der Waals surface area contributed by atoms with Crippen LogP contribution in [0, 0.1) is 11.8 Å². The van der Waals surface area contributed by atoms with Gasteiger partial charge in [-0.15, -0.1) is 0 Å². The molecule has 3 nitrogen and oxygen atoms in total. The van der Waals surface area contributed by atoms with E-state index in [4.69, 9.17) is 9.47 Å². The highest BCUT2D eigenvalue weighted by Crippen LogP contribution is 2.22. The van der Waals surface area contributed by atoms with Crippen molar-refractivity contribution >= 4 is 5.78 Å². The van der Waals surface area contributed by atoms with Crippen molar-refractivity contribution in [2.75, 3.05) is 7.11 Å². The smallest absolute Gasteiger partial charge is 0.135 e. The van der Waals surface area contributed by atoms with Crippen molar-refractivity contribution in [3.05, 3.63) is 54.6 Å². The van der Waals surface area contributed by atoms with Gasteiger partial charge in [-0.2, -0.15) is 0 Å². The lowest BCUT2D eigenvalue weighted by Crippen LogP contribution is -2.32. The van der Waals surface area contributed by atoms with Crippen LogP contribution in [-0.4, -0.2) is 19.0 Å². The number of methoxy groups -OCH3 is 1. The summed E-state index contributed by atoms with van der Waals surface area (Å²) in [5.41, 5.74) is 1.06. The summed E-state index contributed by atoms with van der Waals surface area (Å²) >= 11 is 0. The molecule has 0 aliphatic carbocycles. The molecule has 0 saturated carbocycles. The number of hydrogen-bond donors (Lipinski definition) is 0. The lowest BCUT2D eigenvalue weighted by molar-refractivity contribution is -0.127. The molecule has 0 saturated heterocycles. The Kier molecular flexibility index (Phi) is 7.61. The lowest BCUT2D eigenvalue weighted by atomic mass is 9.90. The average Bonchev–Trinajstić information content (AvgIpc) is 2.53. The molecule has 1 aromatic carbocycles. The van der Waals surface area contributed by atoms with Crippen molar-refractivity contribution < 1.29 is 14.3 Å². The van der Waals surface area contributed by atoms with Crippen LogP contribution in [0.1, 0.15) is 26.3 Å². The van der Waals surface area contributed by atoms with E-state index in [9.17, 15) is 4.79 Å². The number of rotatable bonds is 9. The molecule has 22 heavy (non-hydrogen) atoms. The Morgan fingerprint density at radius 2 is 1.91 bits per heavy atom. The summed E-state index contributed by atoms with van der Waals surface area (Å²) in [6.45, 7) is 9.73. The highest BCUT2D eigenvalue weighted by Gasteiger charge is 2.26. The first-order chi connectivity index (χ1) is 10.5. The minimum atomic E-state index is -0.157. The zero-order valence-corrected chi connectivity index (χ0v) is 13.9. The Balaban J connectivity index is 2.76. The van der Waals surface area contributed by atoms with E-state index in [1.807, 2.05) is 43.3 Å². The van der Waals surface area contributed by atoms with Crippen LogP contribution in [0.25, 0.3) is 0 Å². The van der Waals surface area contributed by atoms with E-state index < -0.39 is 0 Å². The second-order valence-electron chi connectivity index (χ2n) is 5.50. The molecule has 3 heteroatoms. The van der Waals surface area contributed by atoms with Crippen LogP contribution in [-0.2, 0) is 16.1 Å². The van der Waals surface area contributed by atoms with Crippen LogP contribution in [0.3, 0.4) is 0 Å². The average molecular weight is 302 g/mol. The van der Waals surface area contributed by atoms with Crippen molar-refractivity contribution in [2.24, 2.45) is 11.8 Å². The van der Waals surface area contributed by atoms with E-state index in [2.05, 4.69) is 13.5 Å². The van der Waals surface area contributed by atoms with Gasteiger partial charge in [0, 0.05) is 11.8 Å². The zero-order chi connectivity index (χ0) is 16.5. The summed E-state index contributed by atoms with van der Waals surface area (Å²) in [7, 11) is 1.64. The molecule has 120 valence electrons. The molecule has 0 bridgehead atoms. The monoisotopic (exact) mass is 302 g/mol. The van der Waals surface area contributed by atoms with E-state index in [0.717, 1.165) is 11.3 Å². The Labute approximate surface area is 133 Å². The van der Waals surface area contributed by atoms with Gasteiger partial charge in [0.15, 0.2) is 0 Å². The van der Waals surface area contributed by atoms with Gasteiger partial charge in [0.1, 0.15) is 11.5 Å². The molecular weight excluding hydrogens is 276 g/mol. The number of carbonyl (C=O) groups excluding carboxylic acids is 1. The van der Waals surface area contributed by atoms with Crippen LogP contribution < -0.4 is 4.74 Å². The number of benzene rings is 1. The molecule has 0 radical (unpaired) electrons. The van der Waals surface area contributed by atoms with E-state index in [1.54, 1.807) is 20.1 Å². The quantitative estimate of drug-likeness (QED) is 0.642. The molecule has 0 spiro atoms. The van der Waals surface area contributed by atoms with Gasteiger partial charge < -0.3 is 9.47 Å². The molecule has 0 aliphatic rings. The third-order valence-corrected chi connectivity index (χ3v) is 3.80. The third-order valence-electron chi connectivity index (χ3n) is 3.80. The fraction of sp³-hybridized carbons (Fsp3) is 0.421. The van der Waals surface area contributed by atoms with Crippen molar-refractivity contribution in [1.29, 1.82) is 0 Å². The number of Topliss-reactive ketones (excluding diaryl/α,β-unsaturated/α-hetero) is 1. The van der Waals surface area contributed by atoms with Gasteiger partial charge >= 0.3 is 0 Å². The summed E-state index contributed by atoms with van der Waals surface area (Å²) < 4.78 is 11.2. The Hall–Kier alpha value is -1.87. The maximum Gasteiger partial charge on any atom is 0.135 e. The second-order valence-corrected chi connectivity index (χ2v) is 5.50. The minimum absolute atomic E-state index is 0.134. The molecule has 1 aromatic rings. The highest BCUT2D eigenvalue weighted by molar-refractivity contribution is 5.78. The predicted octanol–water partition coefficient (Wildman–Crippen LogP) is 4.18. The van der Waals surface area contributed by atoms with Crippen molar-refractivity contribution in [3.8, 4) is 5.75 Å². The summed E-state index contributed by atoms with van der Waals surface area (Å²) in [6, 6.07) is 7.75. The maximum absolute atomic E-state index is 11.7. The normalized spacial score (nSPS) is 15.3. The summed E-state index contributed by atoms with van der Waals surface area (Å²) in [4.78, 5) is 11.7. The molecule has 0 aromatic heterocycles. The van der Waals surface area contributed by atoms with Gasteiger partial charge in [0.05, 0.1) is 19.8 Å².